The Labute approximate surface area is 127 Å². The first-order chi connectivity index (χ1) is 9.11. The van der Waals surface area contributed by atoms with Crippen molar-refractivity contribution in [2.24, 2.45) is 0 Å². The normalized spacial score (nSPS) is 12.2. The maximum atomic E-state index is 6.52. The van der Waals surface area contributed by atoms with Crippen LogP contribution in [0.25, 0.3) is 0 Å². The molecule has 0 saturated carbocycles. The molecule has 1 nitrogen and oxygen atoms in total. The summed E-state index contributed by atoms with van der Waals surface area (Å²) in [4.78, 5) is 0. The van der Waals surface area contributed by atoms with Crippen LogP contribution in [-0.2, 0) is 0 Å². The third-order valence-electron chi connectivity index (χ3n) is 2.92. The molecule has 1 atom stereocenters. The van der Waals surface area contributed by atoms with Gasteiger partial charge >= 0.3 is 0 Å². The lowest BCUT2D eigenvalue weighted by Gasteiger charge is -2.13. The highest BCUT2D eigenvalue weighted by molar-refractivity contribution is 9.10. The predicted octanol–water partition coefficient (Wildman–Crippen LogP) is 5.48. The minimum atomic E-state index is -0.146. The molecular formula is C16H16BrClO. The Kier molecular flexibility index (Phi) is 4.89. The fourth-order valence-electron chi connectivity index (χ4n) is 1.88. The fourth-order valence-corrected chi connectivity index (χ4v) is 2.67. The van der Waals surface area contributed by atoms with Gasteiger partial charge in [-0.1, -0.05) is 35.9 Å². The smallest absolute Gasteiger partial charge is 0.133 e. The van der Waals surface area contributed by atoms with Crippen LogP contribution in [-0.4, -0.2) is 6.61 Å². The number of rotatable bonds is 4. The van der Waals surface area contributed by atoms with E-state index in [0.717, 1.165) is 21.3 Å². The monoisotopic (exact) mass is 338 g/mol. The molecule has 0 spiro atoms. The zero-order chi connectivity index (χ0) is 13.8. The van der Waals surface area contributed by atoms with Crippen LogP contribution in [0.15, 0.2) is 46.9 Å². The van der Waals surface area contributed by atoms with Crippen molar-refractivity contribution in [3.05, 3.63) is 63.6 Å². The molecule has 0 aliphatic heterocycles. The van der Waals surface area contributed by atoms with Crippen molar-refractivity contribution in [3.8, 4) is 5.75 Å². The predicted molar refractivity (Wildman–Crippen MR) is 84.2 cm³/mol. The Balaban J connectivity index is 2.26. The third kappa shape index (κ3) is 3.52. The molecule has 0 fully saturated rings. The number of alkyl halides is 1. The van der Waals surface area contributed by atoms with Crippen LogP contribution in [0.5, 0.6) is 5.75 Å². The second kappa shape index (κ2) is 6.44. The minimum absolute atomic E-state index is 0.146. The van der Waals surface area contributed by atoms with Gasteiger partial charge in [-0.2, -0.15) is 0 Å². The molecule has 19 heavy (non-hydrogen) atoms. The number of hydrogen-bond acceptors (Lipinski definition) is 1. The van der Waals surface area contributed by atoms with Gasteiger partial charge in [-0.05, 0) is 53.0 Å². The number of hydrogen-bond donors (Lipinski definition) is 0. The van der Waals surface area contributed by atoms with E-state index in [1.807, 2.05) is 25.1 Å². The molecule has 2 rings (SSSR count). The first-order valence-electron chi connectivity index (χ1n) is 6.24. The maximum absolute atomic E-state index is 6.52. The van der Waals surface area contributed by atoms with Crippen molar-refractivity contribution < 1.29 is 4.74 Å². The van der Waals surface area contributed by atoms with Gasteiger partial charge in [0.2, 0.25) is 0 Å². The van der Waals surface area contributed by atoms with Crippen LogP contribution in [0.2, 0.25) is 0 Å². The molecule has 1 unspecified atom stereocenters. The van der Waals surface area contributed by atoms with Gasteiger partial charge < -0.3 is 4.74 Å². The van der Waals surface area contributed by atoms with E-state index in [0.29, 0.717) is 6.61 Å². The molecule has 0 aliphatic rings. The molecule has 0 heterocycles. The van der Waals surface area contributed by atoms with E-state index in [-0.39, 0.29) is 5.38 Å². The summed E-state index contributed by atoms with van der Waals surface area (Å²) in [6, 6.07) is 14.3. The highest BCUT2D eigenvalue weighted by Crippen LogP contribution is 2.34. The highest BCUT2D eigenvalue weighted by atomic mass is 79.9. The summed E-state index contributed by atoms with van der Waals surface area (Å²) in [5.41, 5.74) is 3.39. The van der Waals surface area contributed by atoms with Crippen LogP contribution in [0.1, 0.15) is 29.0 Å². The van der Waals surface area contributed by atoms with Gasteiger partial charge in [-0.3, -0.25) is 0 Å². The summed E-state index contributed by atoms with van der Waals surface area (Å²) in [7, 11) is 0. The van der Waals surface area contributed by atoms with Crippen LogP contribution >= 0.6 is 27.5 Å². The summed E-state index contributed by atoms with van der Waals surface area (Å²) in [5.74, 6) is 0.846. The third-order valence-corrected chi connectivity index (χ3v) is 4.04. The van der Waals surface area contributed by atoms with E-state index in [4.69, 9.17) is 16.3 Å². The van der Waals surface area contributed by atoms with E-state index in [2.05, 4.69) is 47.1 Å². The lowest BCUT2D eigenvalue weighted by Crippen LogP contribution is -1.96. The van der Waals surface area contributed by atoms with E-state index in [1.165, 1.54) is 5.56 Å². The van der Waals surface area contributed by atoms with Crippen molar-refractivity contribution in [1.82, 2.24) is 0 Å². The highest BCUT2D eigenvalue weighted by Gasteiger charge is 2.12. The summed E-state index contributed by atoms with van der Waals surface area (Å²) >= 11 is 10.0. The molecule has 100 valence electrons. The molecule has 0 aliphatic carbocycles. The molecule has 0 amide bonds. The molecule has 0 aromatic heterocycles. The maximum Gasteiger partial charge on any atom is 0.133 e. The Hall–Kier alpha value is -0.990. The minimum Gasteiger partial charge on any atom is -0.493 e. The first-order valence-corrected chi connectivity index (χ1v) is 7.47. The van der Waals surface area contributed by atoms with Crippen LogP contribution in [0.3, 0.4) is 0 Å². The largest absolute Gasteiger partial charge is 0.493 e. The number of halogens is 2. The van der Waals surface area contributed by atoms with Crippen LogP contribution < -0.4 is 4.74 Å². The van der Waals surface area contributed by atoms with Gasteiger partial charge in [0.1, 0.15) is 5.75 Å². The number of aryl methyl sites for hydroxylation is 1. The van der Waals surface area contributed by atoms with E-state index >= 15 is 0 Å². The molecule has 3 heteroatoms. The van der Waals surface area contributed by atoms with Gasteiger partial charge in [0.05, 0.1) is 16.5 Å². The van der Waals surface area contributed by atoms with Crippen molar-refractivity contribution in [2.45, 2.75) is 19.2 Å². The molecule has 2 aromatic carbocycles. The standard InChI is InChI=1S/C16H16BrClO/c1-3-19-15-9-8-13(10-14(15)17)16(18)12-6-4-11(2)5-7-12/h4-10,16H,3H2,1-2H3. The molecule has 0 radical (unpaired) electrons. The molecule has 2 aromatic rings. The Morgan fingerprint density at radius 1 is 1.11 bits per heavy atom. The topological polar surface area (TPSA) is 9.23 Å². The fraction of sp³-hybridized carbons (Fsp3) is 0.250. The summed E-state index contributed by atoms with van der Waals surface area (Å²) < 4.78 is 6.44. The van der Waals surface area contributed by atoms with Crippen molar-refractivity contribution in [2.75, 3.05) is 6.61 Å². The quantitative estimate of drug-likeness (QED) is 0.670. The Morgan fingerprint density at radius 2 is 1.74 bits per heavy atom. The van der Waals surface area contributed by atoms with E-state index < -0.39 is 0 Å². The van der Waals surface area contributed by atoms with Crippen molar-refractivity contribution in [1.29, 1.82) is 0 Å². The van der Waals surface area contributed by atoms with Crippen LogP contribution in [0, 0.1) is 6.92 Å². The number of benzene rings is 2. The van der Waals surface area contributed by atoms with E-state index in [1.54, 1.807) is 0 Å². The second-order valence-electron chi connectivity index (χ2n) is 4.40. The van der Waals surface area contributed by atoms with Crippen LogP contribution in [0.4, 0.5) is 0 Å². The zero-order valence-electron chi connectivity index (χ0n) is 11.0. The van der Waals surface area contributed by atoms with Gasteiger partial charge in [0.25, 0.3) is 0 Å². The van der Waals surface area contributed by atoms with Gasteiger partial charge in [-0.15, -0.1) is 11.6 Å². The lowest BCUT2D eigenvalue weighted by molar-refractivity contribution is 0.338. The summed E-state index contributed by atoms with van der Waals surface area (Å²) in [6.45, 7) is 4.69. The summed E-state index contributed by atoms with van der Waals surface area (Å²) in [5, 5.41) is -0.146. The molecule has 0 bridgehead atoms. The van der Waals surface area contributed by atoms with Gasteiger partial charge in [-0.25, -0.2) is 0 Å². The molecule has 0 N–H and O–H groups in total. The average Bonchev–Trinajstić information content (AvgIpc) is 2.41. The first kappa shape index (κ1) is 14.4. The van der Waals surface area contributed by atoms with Crippen molar-refractivity contribution >= 4 is 27.5 Å². The zero-order valence-corrected chi connectivity index (χ0v) is 13.3. The SMILES string of the molecule is CCOc1ccc(C(Cl)c2ccc(C)cc2)cc1Br. The second-order valence-corrected chi connectivity index (χ2v) is 5.69. The van der Waals surface area contributed by atoms with Gasteiger partial charge in [0, 0.05) is 0 Å². The number of ether oxygens (including phenoxy) is 1. The lowest BCUT2D eigenvalue weighted by atomic mass is 10.0. The van der Waals surface area contributed by atoms with Crippen molar-refractivity contribution in [3.63, 3.8) is 0 Å². The molecular weight excluding hydrogens is 324 g/mol. The Bertz CT molecular complexity index is 551. The molecule has 0 saturated heterocycles. The average molecular weight is 340 g/mol. The van der Waals surface area contributed by atoms with Gasteiger partial charge in [0.15, 0.2) is 0 Å². The van der Waals surface area contributed by atoms with E-state index in [9.17, 15) is 0 Å². The Morgan fingerprint density at radius 3 is 2.32 bits per heavy atom. The summed E-state index contributed by atoms with van der Waals surface area (Å²) in [6.07, 6.45) is 0.